The van der Waals surface area contributed by atoms with Crippen molar-refractivity contribution in [1.29, 1.82) is 0 Å². The molecule has 2 aromatic carbocycles. The molecular formula is C21H28N2O5S. The summed E-state index contributed by atoms with van der Waals surface area (Å²) in [7, 11) is -0.225. The van der Waals surface area contributed by atoms with Gasteiger partial charge in [0.1, 0.15) is 11.5 Å². The van der Waals surface area contributed by atoms with E-state index in [-0.39, 0.29) is 17.4 Å². The first-order valence-corrected chi connectivity index (χ1v) is 10.8. The number of rotatable bonds is 10. The zero-order chi connectivity index (χ0) is 21.4. The monoisotopic (exact) mass is 420 g/mol. The van der Waals surface area contributed by atoms with E-state index >= 15 is 0 Å². The van der Waals surface area contributed by atoms with Gasteiger partial charge in [0.15, 0.2) is 6.61 Å². The second-order valence-corrected chi connectivity index (χ2v) is 8.48. The van der Waals surface area contributed by atoms with Gasteiger partial charge in [-0.3, -0.25) is 4.79 Å². The average molecular weight is 421 g/mol. The highest BCUT2D eigenvalue weighted by molar-refractivity contribution is 7.89. The maximum atomic E-state index is 12.4. The molecule has 1 N–H and O–H groups in total. The Morgan fingerprint density at radius 1 is 1.14 bits per heavy atom. The van der Waals surface area contributed by atoms with E-state index in [4.69, 9.17) is 9.47 Å². The van der Waals surface area contributed by atoms with E-state index in [9.17, 15) is 13.2 Å². The van der Waals surface area contributed by atoms with Gasteiger partial charge in [-0.15, -0.1) is 0 Å². The normalized spacial score (nSPS) is 11.2. The van der Waals surface area contributed by atoms with Crippen molar-refractivity contribution in [3.8, 4) is 11.5 Å². The van der Waals surface area contributed by atoms with Gasteiger partial charge < -0.3 is 14.4 Å². The number of amides is 1. The molecule has 0 atom stereocenters. The molecule has 0 fully saturated rings. The van der Waals surface area contributed by atoms with Crippen molar-refractivity contribution < 1.29 is 22.7 Å². The van der Waals surface area contributed by atoms with Crippen molar-refractivity contribution in [2.75, 3.05) is 27.3 Å². The molecule has 7 nitrogen and oxygen atoms in total. The molecule has 0 saturated carbocycles. The topological polar surface area (TPSA) is 84.9 Å². The van der Waals surface area contributed by atoms with E-state index in [1.54, 1.807) is 38.1 Å². The Hall–Kier alpha value is -2.58. The van der Waals surface area contributed by atoms with Gasteiger partial charge in [-0.2, -0.15) is 0 Å². The van der Waals surface area contributed by atoms with Gasteiger partial charge in [-0.25, -0.2) is 13.1 Å². The molecule has 0 aromatic heterocycles. The summed E-state index contributed by atoms with van der Waals surface area (Å²) in [6.45, 7) is 4.35. The molecule has 1 amide bonds. The van der Waals surface area contributed by atoms with Gasteiger partial charge in [0.05, 0.1) is 12.0 Å². The van der Waals surface area contributed by atoms with Gasteiger partial charge in [-0.05, 0) is 54.8 Å². The zero-order valence-electron chi connectivity index (χ0n) is 17.3. The number of hydrogen-bond acceptors (Lipinski definition) is 5. The highest BCUT2D eigenvalue weighted by atomic mass is 32.2. The van der Waals surface area contributed by atoms with Crippen LogP contribution in [0.4, 0.5) is 0 Å². The molecule has 0 unspecified atom stereocenters. The number of ether oxygens (including phenoxy) is 2. The third kappa shape index (κ3) is 6.47. The number of methoxy groups -OCH3 is 1. The lowest BCUT2D eigenvalue weighted by molar-refractivity contribution is -0.132. The van der Waals surface area contributed by atoms with Crippen molar-refractivity contribution in [1.82, 2.24) is 9.62 Å². The highest BCUT2D eigenvalue weighted by Crippen LogP contribution is 2.22. The fourth-order valence-electron chi connectivity index (χ4n) is 2.61. The molecule has 0 heterocycles. The summed E-state index contributed by atoms with van der Waals surface area (Å²) < 4.78 is 37.7. The smallest absolute Gasteiger partial charge is 0.260 e. The number of sulfonamides is 1. The summed E-state index contributed by atoms with van der Waals surface area (Å²) in [5, 5.41) is 0. The summed E-state index contributed by atoms with van der Waals surface area (Å²) in [6, 6.07) is 12.1. The maximum absolute atomic E-state index is 12.4. The fraction of sp³-hybridized carbons (Fsp3) is 0.381. The number of hydrogen-bond donors (Lipinski definition) is 1. The number of nitrogens with zero attached hydrogens (tertiary/aromatic N) is 1. The SMILES string of the molecule is CCCNS(=O)(=O)c1ccc(OCC(=O)N(C)Cc2ccc(OC)cc2)c(C)c1. The van der Waals surface area contributed by atoms with Crippen LogP contribution in [0, 0.1) is 6.92 Å². The Kier molecular flexibility index (Phi) is 8.04. The van der Waals surface area contributed by atoms with E-state index < -0.39 is 10.0 Å². The molecule has 2 aromatic rings. The first-order valence-electron chi connectivity index (χ1n) is 9.37. The third-order valence-electron chi connectivity index (χ3n) is 4.35. The molecule has 0 spiro atoms. The molecule has 158 valence electrons. The van der Waals surface area contributed by atoms with Crippen LogP contribution in [-0.2, 0) is 21.4 Å². The third-order valence-corrected chi connectivity index (χ3v) is 5.81. The number of carbonyl (C=O) groups excluding carboxylic acids is 1. The number of aryl methyl sites for hydroxylation is 1. The number of nitrogens with one attached hydrogen (secondary N) is 1. The van der Waals surface area contributed by atoms with Crippen LogP contribution < -0.4 is 14.2 Å². The lowest BCUT2D eigenvalue weighted by Gasteiger charge is -2.18. The summed E-state index contributed by atoms with van der Waals surface area (Å²) in [5.41, 5.74) is 1.63. The predicted octanol–water partition coefficient (Wildman–Crippen LogP) is 2.73. The molecule has 0 bridgehead atoms. The van der Waals surface area contributed by atoms with Gasteiger partial charge in [0.2, 0.25) is 10.0 Å². The summed E-state index contributed by atoms with van der Waals surface area (Å²) in [5.74, 6) is 1.06. The maximum Gasteiger partial charge on any atom is 0.260 e. The van der Waals surface area contributed by atoms with Crippen LogP contribution in [-0.4, -0.2) is 46.5 Å². The van der Waals surface area contributed by atoms with E-state index in [1.165, 1.54) is 6.07 Å². The minimum absolute atomic E-state index is 0.131. The predicted molar refractivity (Wildman–Crippen MR) is 112 cm³/mol. The zero-order valence-corrected chi connectivity index (χ0v) is 18.1. The summed E-state index contributed by atoms with van der Waals surface area (Å²) >= 11 is 0. The number of likely N-dealkylation sites (N-methyl/N-ethyl adjacent to an activating group) is 1. The fourth-order valence-corrected chi connectivity index (χ4v) is 3.83. The largest absolute Gasteiger partial charge is 0.497 e. The molecule has 0 aliphatic carbocycles. The van der Waals surface area contributed by atoms with Crippen LogP contribution in [0.25, 0.3) is 0 Å². The van der Waals surface area contributed by atoms with Crippen LogP contribution >= 0.6 is 0 Å². The summed E-state index contributed by atoms with van der Waals surface area (Å²) in [6.07, 6.45) is 0.714. The van der Waals surface area contributed by atoms with Crippen molar-refractivity contribution in [3.63, 3.8) is 0 Å². The average Bonchev–Trinajstić information content (AvgIpc) is 2.71. The van der Waals surface area contributed by atoms with Crippen molar-refractivity contribution in [2.45, 2.75) is 31.7 Å². The first kappa shape index (κ1) is 22.7. The van der Waals surface area contributed by atoms with Gasteiger partial charge in [-0.1, -0.05) is 19.1 Å². The van der Waals surface area contributed by atoms with E-state index in [2.05, 4.69) is 4.72 Å². The molecule has 0 aliphatic heterocycles. The van der Waals surface area contributed by atoms with Crippen LogP contribution in [0.5, 0.6) is 11.5 Å². The molecule has 8 heteroatoms. The Labute approximate surface area is 172 Å². The number of carbonyl (C=O) groups is 1. The van der Waals surface area contributed by atoms with Crippen LogP contribution in [0.1, 0.15) is 24.5 Å². The molecule has 0 radical (unpaired) electrons. The quantitative estimate of drug-likeness (QED) is 0.639. The number of benzene rings is 2. The second-order valence-electron chi connectivity index (χ2n) is 6.71. The van der Waals surface area contributed by atoms with E-state index in [0.29, 0.717) is 30.8 Å². The summed E-state index contributed by atoms with van der Waals surface area (Å²) in [4.78, 5) is 14.1. The Morgan fingerprint density at radius 2 is 1.83 bits per heavy atom. The van der Waals surface area contributed by atoms with Gasteiger partial charge in [0, 0.05) is 20.1 Å². The minimum atomic E-state index is -3.54. The van der Waals surface area contributed by atoms with Crippen LogP contribution in [0.3, 0.4) is 0 Å². The molecule has 0 saturated heterocycles. The van der Waals surface area contributed by atoms with E-state index in [1.807, 2.05) is 31.2 Å². The van der Waals surface area contributed by atoms with Crippen molar-refractivity contribution >= 4 is 15.9 Å². The van der Waals surface area contributed by atoms with Gasteiger partial charge >= 0.3 is 0 Å². The highest BCUT2D eigenvalue weighted by Gasteiger charge is 2.16. The lowest BCUT2D eigenvalue weighted by atomic mass is 10.2. The molecule has 2 rings (SSSR count). The second kappa shape index (κ2) is 10.3. The molecule has 29 heavy (non-hydrogen) atoms. The molecular weight excluding hydrogens is 392 g/mol. The standard InChI is InChI=1S/C21H28N2O5S/c1-5-12-22-29(25,26)19-10-11-20(16(2)13-19)28-15-21(24)23(3)14-17-6-8-18(27-4)9-7-17/h6-11,13,22H,5,12,14-15H2,1-4H3. The van der Waals surface area contributed by atoms with Crippen LogP contribution in [0.2, 0.25) is 0 Å². The van der Waals surface area contributed by atoms with Crippen LogP contribution in [0.15, 0.2) is 47.4 Å². The Morgan fingerprint density at radius 3 is 2.41 bits per heavy atom. The van der Waals surface area contributed by atoms with Gasteiger partial charge in [0.25, 0.3) is 5.91 Å². The Bertz CT molecular complexity index is 927. The lowest BCUT2D eigenvalue weighted by Crippen LogP contribution is -2.31. The Balaban J connectivity index is 1.95. The van der Waals surface area contributed by atoms with E-state index in [0.717, 1.165) is 11.3 Å². The van der Waals surface area contributed by atoms with Crippen molar-refractivity contribution in [2.24, 2.45) is 0 Å². The minimum Gasteiger partial charge on any atom is -0.497 e. The van der Waals surface area contributed by atoms with Crippen molar-refractivity contribution in [3.05, 3.63) is 53.6 Å². The molecule has 0 aliphatic rings. The first-order chi connectivity index (χ1) is 13.8.